The van der Waals surface area contributed by atoms with Gasteiger partial charge in [-0.15, -0.1) is 0 Å². The van der Waals surface area contributed by atoms with Crippen LogP contribution < -0.4 is 0 Å². The van der Waals surface area contributed by atoms with Gasteiger partial charge in [0.1, 0.15) is 6.79 Å². The lowest BCUT2D eigenvalue weighted by molar-refractivity contribution is -0.0428. The van der Waals surface area contributed by atoms with Crippen molar-refractivity contribution >= 4 is 5.57 Å². The molecular weight excluding hydrogens is 200 g/mol. The van der Waals surface area contributed by atoms with Gasteiger partial charge in [-0.2, -0.15) is 0 Å². The summed E-state index contributed by atoms with van der Waals surface area (Å²) in [4.78, 5) is 0. The Bertz CT molecular complexity index is 369. The molecular formula is C14H18O2. The van der Waals surface area contributed by atoms with E-state index < -0.39 is 0 Å². The summed E-state index contributed by atoms with van der Waals surface area (Å²) in [7, 11) is 0. The Hall–Kier alpha value is -1.12. The van der Waals surface area contributed by atoms with Gasteiger partial charge in [0.15, 0.2) is 0 Å². The monoisotopic (exact) mass is 218 g/mol. The van der Waals surface area contributed by atoms with E-state index in [0.29, 0.717) is 13.4 Å². The molecule has 0 aromatic heterocycles. The molecule has 0 spiro atoms. The zero-order valence-corrected chi connectivity index (χ0v) is 9.74. The molecule has 1 aromatic carbocycles. The first-order valence-corrected chi connectivity index (χ1v) is 5.78. The maximum absolute atomic E-state index is 5.34. The first kappa shape index (κ1) is 11.4. The zero-order chi connectivity index (χ0) is 11.2. The second-order valence-electron chi connectivity index (χ2n) is 4.10. The van der Waals surface area contributed by atoms with Gasteiger partial charge in [-0.1, -0.05) is 35.9 Å². The van der Waals surface area contributed by atoms with Gasteiger partial charge in [0.2, 0.25) is 0 Å². The third kappa shape index (κ3) is 3.19. The minimum Gasteiger partial charge on any atom is -0.355 e. The summed E-state index contributed by atoms with van der Waals surface area (Å²) >= 11 is 0. The van der Waals surface area contributed by atoms with Gasteiger partial charge >= 0.3 is 0 Å². The fourth-order valence-electron chi connectivity index (χ4n) is 1.90. The summed E-state index contributed by atoms with van der Waals surface area (Å²) in [5.41, 5.74) is 3.98. The molecule has 0 saturated carbocycles. The van der Waals surface area contributed by atoms with Crippen LogP contribution in [-0.4, -0.2) is 20.0 Å². The van der Waals surface area contributed by atoms with Crippen molar-refractivity contribution < 1.29 is 9.47 Å². The topological polar surface area (TPSA) is 18.5 Å². The standard InChI is InChI=1S/C14H18O2/c1-12-4-2-5-14(10-12)13-6-3-8-15-11-16-9-7-13/h2,4-5,7,10H,3,6,8-9,11H2,1H3/b13-7+. The quantitative estimate of drug-likeness (QED) is 0.721. The third-order valence-electron chi connectivity index (χ3n) is 2.74. The van der Waals surface area contributed by atoms with Crippen LogP contribution in [0.4, 0.5) is 0 Å². The number of rotatable bonds is 1. The highest BCUT2D eigenvalue weighted by atomic mass is 16.7. The van der Waals surface area contributed by atoms with E-state index in [2.05, 4.69) is 37.3 Å². The number of benzene rings is 1. The van der Waals surface area contributed by atoms with E-state index in [0.717, 1.165) is 19.4 Å². The van der Waals surface area contributed by atoms with Gasteiger partial charge in [0, 0.05) is 6.61 Å². The molecule has 1 aliphatic rings. The van der Waals surface area contributed by atoms with Crippen molar-refractivity contribution in [1.82, 2.24) is 0 Å². The van der Waals surface area contributed by atoms with E-state index in [1.807, 2.05) is 0 Å². The van der Waals surface area contributed by atoms with E-state index in [1.54, 1.807) is 0 Å². The lowest BCUT2D eigenvalue weighted by Gasteiger charge is -2.07. The van der Waals surface area contributed by atoms with Crippen molar-refractivity contribution in [3.05, 3.63) is 41.5 Å². The fourth-order valence-corrected chi connectivity index (χ4v) is 1.90. The molecule has 86 valence electrons. The average Bonchev–Trinajstić information content (AvgIpc) is 2.42. The Kier molecular flexibility index (Phi) is 4.14. The highest BCUT2D eigenvalue weighted by molar-refractivity contribution is 5.66. The molecule has 0 amide bonds. The number of ether oxygens (including phenoxy) is 2. The predicted octanol–water partition coefficient (Wildman–Crippen LogP) is 3.16. The summed E-state index contributed by atoms with van der Waals surface area (Å²) in [5.74, 6) is 0. The summed E-state index contributed by atoms with van der Waals surface area (Å²) in [6.45, 7) is 3.96. The SMILES string of the molecule is Cc1cccc(/C2=C/COCOCCC2)c1. The van der Waals surface area contributed by atoms with E-state index in [1.165, 1.54) is 16.7 Å². The number of allylic oxidation sites excluding steroid dienone is 1. The molecule has 0 N–H and O–H groups in total. The molecule has 0 bridgehead atoms. The Balaban J connectivity index is 2.16. The van der Waals surface area contributed by atoms with Crippen LogP contribution in [0.3, 0.4) is 0 Å². The van der Waals surface area contributed by atoms with Crippen LogP contribution in [0, 0.1) is 6.92 Å². The second-order valence-corrected chi connectivity index (χ2v) is 4.10. The highest BCUT2D eigenvalue weighted by Crippen LogP contribution is 2.21. The molecule has 1 aromatic rings. The highest BCUT2D eigenvalue weighted by Gasteiger charge is 2.04. The Morgan fingerprint density at radius 1 is 1.19 bits per heavy atom. The van der Waals surface area contributed by atoms with Crippen LogP contribution in [0.2, 0.25) is 0 Å². The molecule has 1 aliphatic heterocycles. The first-order chi connectivity index (χ1) is 7.86. The maximum Gasteiger partial charge on any atom is 0.147 e. The molecule has 2 nitrogen and oxygen atoms in total. The normalized spacial score (nSPS) is 21.4. The second kappa shape index (κ2) is 5.83. The van der Waals surface area contributed by atoms with E-state index >= 15 is 0 Å². The lowest BCUT2D eigenvalue weighted by atomic mass is 9.99. The van der Waals surface area contributed by atoms with Crippen molar-refractivity contribution in [2.24, 2.45) is 0 Å². The largest absolute Gasteiger partial charge is 0.355 e. The minimum absolute atomic E-state index is 0.414. The van der Waals surface area contributed by atoms with Crippen molar-refractivity contribution in [2.45, 2.75) is 19.8 Å². The molecule has 2 heteroatoms. The van der Waals surface area contributed by atoms with Crippen molar-refractivity contribution in [1.29, 1.82) is 0 Å². The molecule has 0 fully saturated rings. The molecule has 0 aliphatic carbocycles. The number of aryl methyl sites for hydroxylation is 1. The van der Waals surface area contributed by atoms with Gasteiger partial charge < -0.3 is 9.47 Å². The van der Waals surface area contributed by atoms with Crippen molar-refractivity contribution in [2.75, 3.05) is 20.0 Å². The minimum atomic E-state index is 0.414. The Morgan fingerprint density at radius 2 is 2.12 bits per heavy atom. The molecule has 0 atom stereocenters. The van der Waals surface area contributed by atoms with E-state index in [-0.39, 0.29) is 0 Å². The van der Waals surface area contributed by atoms with Crippen LogP contribution in [0.25, 0.3) is 5.57 Å². The third-order valence-corrected chi connectivity index (χ3v) is 2.74. The van der Waals surface area contributed by atoms with Crippen molar-refractivity contribution in [3.63, 3.8) is 0 Å². The van der Waals surface area contributed by atoms with Crippen LogP contribution in [0.1, 0.15) is 24.0 Å². The average molecular weight is 218 g/mol. The summed E-state index contributed by atoms with van der Waals surface area (Å²) < 4.78 is 10.6. The van der Waals surface area contributed by atoms with Gasteiger partial charge in [-0.25, -0.2) is 0 Å². The molecule has 16 heavy (non-hydrogen) atoms. The van der Waals surface area contributed by atoms with Crippen LogP contribution in [0.15, 0.2) is 30.3 Å². The predicted molar refractivity (Wildman–Crippen MR) is 65.2 cm³/mol. The van der Waals surface area contributed by atoms with Gasteiger partial charge in [0.05, 0.1) is 6.61 Å². The molecule has 0 saturated heterocycles. The van der Waals surface area contributed by atoms with E-state index in [9.17, 15) is 0 Å². The van der Waals surface area contributed by atoms with Gasteiger partial charge in [-0.3, -0.25) is 0 Å². The van der Waals surface area contributed by atoms with Gasteiger partial charge in [0.25, 0.3) is 0 Å². The Morgan fingerprint density at radius 3 is 3.00 bits per heavy atom. The maximum atomic E-state index is 5.34. The zero-order valence-electron chi connectivity index (χ0n) is 9.74. The van der Waals surface area contributed by atoms with E-state index in [4.69, 9.17) is 9.47 Å². The number of hydrogen-bond donors (Lipinski definition) is 0. The molecule has 0 unspecified atom stereocenters. The molecule has 0 radical (unpaired) electrons. The fraction of sp³-hybridized carbons (Fsp3) is 0.429. The Labute approximate surface area is 96.9 Å². The van der Waals surface area contributed by atoms with Crippen LogP contribution in [-0.2, 0) is 9.47 Å². The summed E-state index contributed by atoms with van der Waals surface area (Å²) in [6, 6.07) is 8.62. The van der Waals surface area contributed by atoms with Crippen LogP contribution >= 0.6 is 0 Å². The summed E-state index contributed by atoms with van der Waals surface area (Å²) in [6.07, 6.45) is 4.29. The smallest absolute Gasteiger partial charge is 0.147 e. The molecule has 2 rings (SSSR count). The van der Waals surface area contributed by atoms with Crippen molar-refractivity contribution in [3.8, 4) is 0 Å². The van der Waals surface area contributed by atoms with Gasteiger partial charge in [-0.05, 0) is 30.9 Å². The van der Waals surface area contributed by atoms with Crippen LogP contribution in [0.5, 0.6) is 0 Å². The number of hydrogen-bond acceptors (Lipinski definition) is 2. The lowest BCUT2D eigenvalue weighted by Crippen LogP contribution is -1.99. The summed E-state index contributed by atoms with van der Waals surface area (Å²) in [5, 5.41) is 0. The first-order valence-electron chi connectivity index (χ1n) is 5.78. The molecule has 1 heterocycles.